The molecular formula is C21H19N3OS. The van der Waals surface area contributed by atoms with Crippen LogP contribution in [0.5, 0.6) is 0 Å². The number of thiocarbonyl (C=S) groups is 1. The Bertz CT molecular complexity index is 905. The molecule has 0 radical (unpaired) electrons. The Balaban J connectivity index is 1.97. The Hall–Kier alpha value is -3.15. The highest BCUT2D eigenvalue weighted by molar-refractivity contribution is 7.80. The summed E-state index contributed by atoms with van der Waals surface area (Å²) in [6.45, 7) is 6.37. The second kappa shape index (κ2) is 8.29. The SMILES string of the molecule is CC(C)(C)c1ccc(C(=O)NC(=S)Nc2ccc(C#CC#N)cc2)cc1. The van der Waals surface area contributed by atoms with Gasteiger partial charge in [0.1, 0.15) is 0 Å². The maximum absolute atomic E-state index is 12.3. The predicted octanol–water partition coefficient (Wildman–Crippen LogP) is 3.99. The van der Waals surface area contributed by atoms with Crippen LogP contribution in [0.25, 0.3) is 0 Å². The van der Waals surface area contributed by atoms with Crippen LogP contribution in [-0.4, -0.2) is 11.0 Å². The van der Waals surface area contributed by atoms with Gasteiger partial charge in [-0.3, -0.25) is 10.1 Å². The van der Waals surface area contributed by atoms with Gasteiger partial charge in [0.05, 0.1) is 0 Å². The number of nitrogens with zero attached hydrogens (tertiary/aromatic N) is 1. The molecule has 130 valence electrons. The van der Waals surface area contributed by atoms with Crippen LogP contribution in [0.4, 0.5) is 5.69 Å². The first-order valence-electron chi connectivity index (χ1n) is 8.02. The zero-order valence-corrected chi connectivity index (χ0v) is 15.7. The van der Waals surface area contributed by atoms with Crippen molar-refractivity contribution < 1.29 is 4.79 Å². The van der Waals surface area contributed by atoms with E-state index in [-0.39, 0.29) is 16.4 Å². The van der Waals surface area contributed by atoms with E-state index in [1.807, 2.05) is 12.1 Å². The summed E-state index contributed by atoms with van der Waals surface area (Å²) in [7, 11) is 0. The number of benzene rings is 2. The molecule has 0 bridgehead atoms. The highest BCUT2D eigenvalue weighted by atomic mass is 32.1. The highest BCUT2D eigenvalue weighted by Gasteiger charge is 2.14. The van der Waals surface area contributed by atoms with Gasteiger partial charge in [-0.25, -0.2) is 0 Å². The van der Waals surface area contributed by atoms with Gasteiger partial charge in [0.2, 0.25) is 0 Å². The number of hydrogen-bond acceptors (Lipinski definition) is 3. The molecule has 2 N–H and O–H groups in total. The van der Waals surface area contributed by atoms with Crippen LogP contribution in [0.2, 0.25) is 0 Å². The lowest BCUT2D eigenvalue weighted by Crippen LogP contribution is -2.34. The maximum Gasteiger partial charge on any atom is 0.257 e. The van der Waals surface area contributed by atoms with E-state index in [9.17, 15) is 4.79 Å². The van der Waals surface area contributed by atoms with Crippen molar-refractivity contribution in [3.05, 3.63) is 65.2 Å². The normalized spacial score (nSPS) is 10.1. The minimum Gasteiger partial charge on any atom is -0.332 e. The summed E-state index contributed by atoms with van der Waals surface area (Å²) in [6.07, 6.45) is 0. The largest absolute Gasteiger partial charge is 0.332 e. The molecule has 0 heterocycles. The lowest BCUT2D eigenvalue weighted by molar-refractivity contribution is 0.0977. The molecule has 0 aliphatic heterocycles. The third-order valence-electron chi connectivity index (χ3n) is 3.65. The number of carbonyl (C=O) groups excluding carboxylic acids is 1. The fourth-order valence-corrected chi connectivity index (χ4v) is 2.41. The Kier molecular flexibility index (Phi) is 6.11. The molecule has 0 saturated carbocycles. The number of anilines is 1. The Morgan fingerprint density at radius 3 is 2.19 bits per heavy atom. The number of hydrogen-bond donors (Lipinski definition) is 2. The number of carbonyl (C=O) groups is 1. The fraction of sp³-hybridized carbons (Fsp3) is 0.190. The zero-order chi connectivity index (χ0) is 19.2. The summed E-state index contributed by atoms with van der Waals surface area (Å²) in [4.78, 5) is 12.3. The predicted molar refractivity (Wildman–Crippen MR) is 108 cm³/mol. The van der Waals surface area contributed by atoms with Crippen LogP contribution in [0.1, 0.15) is 42.3 Å². The highest BCUT2D eigenvalue weighted by Crippen LogP contribution is 2.22. The maximum atomic E-state index is 12.3. The van der Waals surface area contributed by atoms with Crippen LogP contribution < -0.4 is 10.6 Å². The van der Waals surface area contributed by atoms with E-state index < -0.39 is 0 Å². The molecule has 4 nitrogen and oxygen atoms in total. The summed E-state index contributed by atoms with van der Waals surface area (Å²) in [6, 6.07) is 16.3. The summed E-state index contributed by atoms with van der Waals surface area (Å²) in [5.74, 6) is 4.77. The minimum absolute atomic E-state index is 0.0373. The molecule has 2 aromatic rings. The van der Waals surface area contributed by atoms with Crippen molar-refractivity contribution >= 4 is 28.9 Å². The van der Waals surface area contributed by atoms with Crippen LogP contribution in [0.3, 0.4) is 0 Å². The molecule has 0 fully saturated rings. The number of nitrogens with one attached hydrogen (secondary N) is 2. The topological polar surface area (TPSA) is 64.9 Å². The van der Waals surface area contributed by atoms with Gasteiger partial charge in [-0.05, 0) is 59.6 Å². The number of nitriles is 1. The van der Waals surface area contributed by atoms with E-state index in [2.05, 4.69) is 43.2 Å². The zero-order valence-electron chi connectivity index (χ0n) is 14.9. The van der Waals surface area contributed by atoms with Crippen molar-refractivity contribution in [1.82, 2.24) is 5.32 Å². The summed E-state index contributed by atoms with van der Waals surface area (Å²) in [5.41, 5.74) is 3.20. The first-order valence-corrected chi connectivity index (χ1v) is 8.43. The third-order valence-corrected chi connectivity index (χ3v) is 3.85. The van der Waals surface area contributed by atoms with Crippen LogP contribution in [0, 0.1) is 23.2 Å². The van der Waals surface area contributed by atoms with Crippen molar-refractivity contribution in [2.45, 2.75) is 26.2 Å². The van der Waals surface area contributed by atoms with Crippen molar-refractivity contribution in [1.29, 1.82) is 5.26 Å². The van der Waals surface area contributed by atoms with E-state index in [0.29, 0.717) is 5.56 Å². The second-order valence-corrected chi connectivity index (χ2v) is 7.08. The van der Waals surface area contributed by atoms with Gasteiger partial charge in [0, 0.05) is 22.7 Å². The van der Waals surface area contributed by atoms with E-state index in [0.717, 1.165) is 16.8 Å². The van der Waals surface area contributed by atoms with Crippen LogP contribution >= 0.6 is 12.2 Å². The molecule has 26 heavy (non-hydrogen) atoms. The van der Waals surface area contributed by atoms with Gasteiger partial charge in [0.25, 0.3) is 5.91 Å². The third kappa shape index (κ3) is 5.44. The van der Waals surface area contributed by atoms with E-state index >= 15 is 0 Å². The Morgan fingerprint density at radius 2 is 1.65 bits per heavy atom. The van der Waals surface area contributed by atoms with Gasteiger partial charge < -0.3 is 5.32 Å². The molecule has 0 aliphatic rings. The first kappa shape index (κ1) is 19.2. The smallest absolute Gasteiger partial charge is 0.257 e. The Morgan fingerprint density at radius 1 is 1.04 bits per heavy atom. The van der Waals surface area contributed by atoms with E-state index in [1.165, 1.54) is 0 Å². The van der Waals surface area contributed by atoms with Gasteiger partial charge in [0.15, 0.2) is 11.2 Å². The molecule has 2 rings (SSSR count). The van der Waals surface area contributed by atoms with Gasteiger partial charge in [-0.2, -0.15) is 5.26 Å². The minimum atomic E-state index is -0.264. The lowest BCUT2D eigenvalue weighted by Gasteiger charge is -2.19. The van der Waals surface area contributed by atoms with Crippen molar-refractivity contribution in [3.8, 4) is 17.9 Å². The van der Waals surface area contributed by atoms with Gasteiger partial charge in [-0.1, -0.05) is 38.8 Å². The molecular weight excluding hydrogens is 342 g/mol. The molecule has 0 aromatic heterocycles. The quantitative estimate of drug-likeness (QED) is 0.627. The standard InChI is InChI=1S/C21H19N3OS/c1-21(2,3)17-10-8-16(9-11-17)19(25)24-20(26)23-18-12-6-15(7-13-18)5-4-14-22/h6-13H,1-3H3,(H2,23,24,25,26). The van der Waals surface area contributed by atoms with Crippen molar-refractivity contribution in [2.24, 2.45) is 0 Å². The molecule has 0 atom stereocenters. The average Bonchev–Trinajstić information content (AvgIpc) is 2.60. The second-order valence-electron chi connectivity index (χ2n) is 6.67. The van der Waals surface area contributed by atoms with Crippen molar-refractivity contribution in [2.75, 3.05) is 5.32 Å². The molecule has 2 aromatic carbocycles. The average molecular weight is 361 g/mol. The van der Waals surface area contributed by atoms with Crippen LogP contribution in [-0.2, 0) is 5.41 Å². The molecule has 0 unspecified atom stereocenters. The lowest BCUT2D eigenvalue weighted by atomic mass is 9.87. The number of rotatable bonds is 2. The molecule has 5 heteroatoms. The van der Waals surface area contributed by atoms with E-state index in [4.69, 9.17) is 17.5 Å². The molecule has 0 aliphatic carbocycles. The van der Waals surface area contributed by atoms with Crippen LogP contribution in [0.15, 0.2) is 48.5 Å². The van der Waals surface area contributed by atoms with Gasteiger partial charge >= 0.3 is 0 Å². The molecule has 0 spiro atoms. The molecule has 0 saturated heterocycles. The van der Waals surface area contributed by atoms with Gasteiger partial charge in [-0.15, -0.1) is 0 Å². The van der Waals surface area contributed by atoms with E-state index in [1.54, 1.807) is 42.5 Å². The fourth-order valence-electron chi connectivity index (χ4n) is 2.20. The van der Waals surface area contributed by atoms with Crippen molar-refractivity contribution in [3.63, 3.8) is 0 Å². The number of amides is 1. The summed E-state index contributed by atoms with van der Waals surface area (Å²) in [5, 5.41) is 14.3. The summed E-state index contributed by atoms with van der Waals surface area (Å²) < 4.78 is 0. The first-order chi connectivity index (χ1) is 12.3. The monoisotopic (exact) mass is 361 g/mol. The Labute approximate surface area is 159 Å². The molecule has 1 amide bonds. The summed E-state index contributed by atoms with van der Waals surface area (Å²) >= 11 is 5.19.